The molecule has 0 aliphatic carbocycles. The smallest absolute Gasteiger partial charge is 0.310 e. The summed E-state index contributed by atoms with van der Waals surface area (Å²) in [5, 5.41) is 0.395. The normalized spacial score (nSPS) is 21.8. The first kappa shape index (κ1) is 25.8. The Hall–Kier alpha value is 0.718. The molecular weight excluding hydrogens is 400 g/mol. The fourth-order valence-electron chi connectivity index (χ4n) is 3.90. The van der Waals surface area contributed by atoms with Crippen molar-refractivity contribution in [3.8, 4) is 0 Å². The van der Waals surface area contributed by atoms with Gasteiger partial charge < -0.3 is 8.46 Å². The molecule has 0 bridgehead atoms. The van der Waals surface area contributed by atoms with Gasteiger partial charge in [0.2, 0.25) is 0 Å². The zero-order valence-corrected chi connectivity index (χ0v) is 25.2. The van der Waals surface area contributed by atoms with E-state index in [1.165, 1.54) is 0 Å². The maximum atomic E-state index is 18.1. The Morgan fingerprint density at radius 3 is 1.04 bits per heavy atom. The SMILES string of the molecule is CC(C)(C)[Si](C)(C)N1CCN([Si](C)(C)C(C)(C)C)[Si]1(F)[Si](C)(C)C(C)(C)C. The molecule has 162 valence electrons. The van der Waals surface area contributed by atoms with Crippen molar-refractivity contribution in [1.29, 1.82) is 0 Å². The largest absolute Gasteiger partial charge is 0.366 e. The summed E-state index contributed by atoms with van der Waals surface area (Å²) in [5.41, 5.74) is 0. The second-order valence-corrected chi connectivity index (χ2v) is 37.3. The molecule has 0 atom stereocenters. The minimum Gasteiger partial charge on any atom is -0.310 e. The van der Waals surface area contributed by atoms with Crippen LogP contribution in [0.5, 0.6) is 0 Å². The lowest BCUT2D eigenvalue weighted by atomic mass is 10.2. The summed E-state index contributed by atoms with van der Waals surface area (Å²) in [5.74, 6) is 0. The Balaban J connectivity index is 3.78. The minimum absolute atomic E-state index is 0.0551. The lowest BCUT2D eigenvalue weighted by Gasteiger charge is -2.59. The summed E-state index contributed by atoms with van der Waals surface area (Å²) in [6, 6.07) is 0. The van der Waals surface area contributed by atoms with Crippen molar-refractivity contribution in [2.75, 3.05) is 13.1 Å². The first-order valence-corrected chi connectivity index (χ1v) is 22.4. The highest BCUT2D eigenvalue weighted by molar-refractivity contribution is 7.41. The van der Waals surface area contributed by atoms with E-state index in [9.17, 15) is 0 Å². The highest BCUT2D eigenvalue weighted by Gasteiger charge is 2.72. The van der Waals surface area contributed by atoms with E-state index in [2.05, 4.69) is 110 Å². The summed E-state index contributed by atoms with van der Waals surface area (Å²) in [4.78, 5) is 0. The molecular formula is C20H49FN2Si4. The van der Waals surface area contributed by atoms with Crippen LogP contribution in [-0.4, -0.2) is 53.9 Å². The van der Waals surface area contributed by atoms with Crippen LogP contribution in [-0.2, 0) is 0 Å². The van der Waals surface area contributed by atoms with Crippen molar-refractivity contribution in [1.82, 2.24) is 8.46 Å². The molecule has 1 fully saturated rings. The molecule has 27 heavy (non-hydrogen) atoms. The Kier molecular flexibility index (Phi) is 6.55. The van der Waals surface area contributed by atoms with Gasteiger partial charge in [0.1, 0.15) is 24.1 Å². The van der Waals surface area contributed by atoms with Crippen molar-refractivity contribution < 1.29 is 4.11 Å². The third kappa shape index (κ3) is 3.78. The summed E-state index contributed by atoms with van der Waals surface area (Å²) in [6.45, 7) is 37.3. The van der Waals surface area contributed by atoms with E-state index in [4.69, 9.17) is 0 Å². The van der Waals surface area contributed by atoms with E-state index in [0.717, 1.165) is 13.1 Å². The van der Waals surface area contributed by atoms with Gasteiger partial charge in [-0.1, -0.05) is 102 Å². The van der Waals surface area contributed by atoms with Crippen LogP contribution < -0.4 is 0 Å². The molecule has 1 aliphatic rings. The van der Waals surface area contributed by atoms with Gasteiger partial charge in [0.05, 0.1) is 0 Å². The third-order valence-electron chi connectivity index (χ3n) is 8.95. The van der Waals surface area contributed by atoms with Crippen molar-refractivity contribution in [2.24, 2.45) is 0 Å². The summed E-state index contributed by atoms with van der Waals surface area (Å²) in [7, 11) is -9.36. The molecule has 0 aromatic heterocycles. The van der Waals surface area contributed by atoms with Crippen LogP contribution in [0.3, 0.4) is 0 Å². The second kappa shape index (κ2) is 6.87. The molecule has 1 aliphatic heterocycles. The summed E-state index contributed by atoms with van der Waals surface area (Å²) in [6.07, 6.45) is 0. The van der Waals surface area contributed by atoms with Crippen molar-refractivity contribution in [3.05, 3.63) is 0 Å². The molecule has 0 aromatic rings. The lowest BCUT2D eigenvalue weighted by Crippen LogP contribution is -2.83. The molecule has 0 N–H and O–H groups in total. The van der Waals surface area contributed by atoms with Crippen LogP contribution in [0.2, 0.25) is 54.4 Å². The fourth-order valence-corrected chi connectivity index (χ4v) is 36.8. The molecule has 1 rings (SSSR count). The van der Waals surface area contributed by atoms with Gasteiger partial charge in [-0.05, 0) is 28.2 Å². The fraction of sp³-hybridized carbons (Fsp3) is 1.00. The predicted molar refractivity (Wildman–Crippen MR) is 132 cm³/mol. The zero-order valence-electron chi connectivity index (χ0n) is 21.2. The highest BCUT2D eigenvalue weighted by atomic mass is 29.3. The predicted octanol–water partition coefficient (Wildman–Crippen LogP) is 7.11. The van der Waals surface area contributed by atoms with E-state index in [0.29, 0.717) is 0 Å². The van der Waals surface area contributed by atoms with E-state index in [1.807, 2.05) is 0 Å². The Morgan fingerprint density at radius 2 is 0.852 bits per heavy atom. The average Bonchev–Trinajstić information content (AvgIpc) is 2.74. The second-order valence-electron chi connectivity index (χ2n) is 13.4. The number of halogens is 1. The van der Waals surface area contributed by atoms with Gasteiger partial charge in [-0.15, -0.1) is 0 Å². The molecule has 0 saturated carbocycles. The first-order valence-electron chi connectivity index (χ1n) is 10.7. The zero-order chi connectivity index (χ0) is 22.1. The minimum atomic E-state index is -3.27. The Labute approximate surface area is 174 Å². The average molecular weight is 449 g/mol. The van der Waals surface area contributed by atoms with Crippen LogP contribution in [0.15, 0.2) is 0 Å². The third-order valence-corrected chi connectivity index (χ3v) is 41.8. The van der Waals surface area contributed by atoms with E-state index in [-0.39, 0.29) is 15.1 Å². The van der Waals surface area contributed by atoms with Crippen molar-refractivity contribution in [2.45, 2.75) is 117 Å². The van der Waals surface area contributed by atoms with Gasteiger partial charge in [-0.25, -0.2) is 0 Å². The summed E-state index contributed by atoms with van der Waals surface area (Å²) >= 11 is 0. The molecule has 0 aromatic carbocycles. The quantitative estimate of drug-likeness (QED) is 0.335. The standard InChI is InChI=1S/C20H49FN2Si4/c1-18(2,3)24(10,11)22-16-17-23(25(12,13)19(4,5)6)27(22,21)26(14,15)20(7,8)9/h16-17H2,1-15H3. The lowest BCUT2D eigenvalue weighted by molar-refractivity contribution is 0.529. The number of hydrogen-bond acceptors (Lipinski definition) is 2. The van der Waals surface area contributed by atoms with Crippen LogP contribution in [0.25, 0.3) is 0 Å². The maximum Gasteiger partial charge on any atom is 0.366 e. The molecule has 1 saturated heterocycles. The Bertz CT molecular complexity index is 520. The molecule has 0 amide bonds. The Morgan fingerprint density at radius 1 is 0.593 bits per heavy atom. The van der Waals surface area contributed by atoms with E-state index >= 15 is 4.11 Å². The molecule has 0 spiro atoms. The molecule has 7 heteroatoms. The van der Waals surface area contributed by atoms with Crippen LogP contribution in [0, 0.1) is 0 Å². The maximum absolute atomic E-state index is 18.1. The van der Waals surface area contributed by atoms with E-state index < -0.39 is 32.3 Å². The van der Waals surface area contributed by atoms with Crippen LogP contribution in [0.1, 0.15) is 62.3 Å². The van der Waals surface area contributed by atoms with Gasteiger partial charge in [-0.3, -0.25) is 4.11 Å². The van der Waals surface area contributed by atoms with Crippen LogP contribution >= 0.6 is 0 Å². The highest BCUT2D eigenvalue weighted by Crippen LogP contribution is 2.54. The number of nitrogens with zero attached hydrogens (tertiary/aromatic N) is 2. The molecule has 0 unspecified atom stereocenters. The number of hydrogen-bond donors (Lipinski definition) is 0. The van der Waals surface area contributed by atoms with Crippen LogP contribution in [0.4, 0.5) is 4.11 Å². The van der Waals surface area contributed by atoms with Gasteiger partial charge in [0.25, 0.3) is 0 Å². The van der Waals surface area contributed by atoms with Gasteiger partial charge in [0.15, 0.2) is 0 Å². The van der Waals surface area contributed by atoms with E-state index in [1.54, 1.807) is 0 Å². The van der Waals surface area contributed by atoms with Gasteiger partial charge in [0, 0.05) is 0 Å². The molecule has 1 heterocycles. The first-order chi connectivity index (χ1) is 11.5. The van der Waals surface area contributed by atoms with Crippen molar-refractivity contribution in [3.63, 3.8) is 0 Å². The monoisotopic (exact) mass is 448 g/mol. The topological polar surface area (TPSA) is 6.48 Å². The van der Waals surface area contributed by atoms with Gasteiger partial charge >= 0.3 is 8.25 Å². The molecule has 2 nitrogen and oxygen atoms in total. The molecule has 0 radical (unpaired) electrons. The van der Waals surface area contributed by atoms with Crippen molar-refractivity contribution >= 4 is 32.3 Å². The van der Waals surface area contributed by atoms with Gasteiger partial charge in [-0.2, -0.15) is 0 Å². The summed E-state index contributed by atoms with van der Waals surface area (Å²) < 4.78 is 23.2. The number of rotatable bonds is 3.